The first-order valence-corrected chi connectivity index (χ1v) is 25.1. The molecule has 2 aliphatic rings. The molecule has 2 aliphatic heterocycles. The van der Waals surface area contributed by atoms with Gasteiger partial charge in [0.15, 0.2) is 14.3 Å². The normalized spacial score (nSPS) is 14.4. The average molecular weight is 855 g/mol. The third-order valence-electron chi connectivity index (χ3n) is 14.0. The molecule has 64 heavy (non-hydrogen) atoms. The van der Waals surface area contributed by atoms with Gasteiger partial charge in [0, 0.05) is 42.6 Å². The van der Waals surface area contributed by atoms with E-state index in [1.807, 2.05) is 72.8 Å². The minimum absolute atomic E-state index is 0.771. The molecule has 14 rings (SSSR count). The number of hydrogen-bond donors (Lipinski definition) is 0. The zero-order valence-corrected chi connectivity index (χ0v) is 36.4. The van der Waals surface area contributed by atoms with Crippen molar-refractivity contribution in [3.8, 4) is 33.4 Å². The summed E-state index contributed by atoms with van der Waals surface area (Å²) in [6.07, 6.45) is 0. The lowest BCUT2D eigenvalue weighted by atomic mass is 9.95. The average Bonchev–Trinajstić information content (AvgIpc) is 3.96. The summed E-state index contributed by atoms with van der Waals surface area (Å²) in [6, 6.07) is 69.6. The van der Waals surface area contributed by atoms with Crippen LogP contribution >= 0.6 is 14.3 Å². The summed E-state index contributed by atoms with van der Waals surface area (Å²) in [4.78, 5) is 5.44. The SMILES string of the molecule is Cc1ccc2ccc3cc(-c4ccc5c6cc(P7(=O)c8ccccc8-c8ccccc87)ccc6c6nc7cc(P8(=O)c9ccccc9-c9ccccc98)ccc7n6c5c4)ccc3c2c1. The third kappa shape index (κ3) is 4.72. The highest BCUT2D eigenvalue weighted by Crippen LogP contribution is 2.54. The van der Waals surface area contributed by atoms with E-state index < -0.39 is 14.3 Å². The molecule has 0 spiro atoms. The standard InChI is InChI=1S/C58H36N2O2P2/c1-35-18-19-36-20-21-39-31-37(22-26-42(39)49(36)30-35)38-23-27-43-50-33-40(63(61)54-14-6-2-10-44(54)45-11-3-7-15-55(45)63)24-28-48(50)58-59-51-34-41(25-29-52(51)60(58)53(43)32-38)64(62)56-16-8-4-12-46(56)47-13-5-9-17-57(47)64/h2-34H,1H3. The van der Waals surface area contributed by atoms with Crippen LogP contribution in [0.1, 0.15) is 5.56 Å². The number of rotatable bonds is 3. The molecule has 0 saturated heterocycles. The van der Waals surface area contributed by atoms with E-state index in [0.29, 0.717) is 0 Å². The van der Waals surface area contributed by atoms with Crippen LogP contribution in [-0.4, -0.2) is 9.38 Å². The maximum absolute atomic E-state index is 15.8. The monoisotopic (exact) mass is 854 g/mol. The van der Waals surface area contributed by atoms with Crippen molar-refractivity contribution in [3.63, 3.8) is 0 Å². The van der Waals surface area contributed by atoms with E-state index in [9.17, 15) is 0 Å². The number of hydrogen-bond acceptors (Lipinski definition) is 3. The summed E-state index contributed by atoms with van der Waals surface area (Å²) < 4.78 is 33.7. The van der Waals surface area contributed by atoms with Gasteiger partial charge in [-0.3, -0.25) is 4.40 Å². The molecule has 0 bridgehead atoms. The molecule has 0 saturated carbocycles. The Morgan fingerprint density at radius 2 is 0.906 bits per heavy atom. The van der Waals surface area contributed by atoms with Crippen LogP contribution in [0.4, 0.5) is 0 Å². The molecular weight excluding hydrogens is 819 g/mol. The van der Waals surface area contributed by atoms with Crippen molar-refractivity contribution in [3.05, 3.63) is 206 Å². The molecule has 6 heteroatoms. The summed E-state index contributed by atoms with van der Waals surface area (Å²) in [5.41, 5.74) is 11.1. The Kier molecular flexibility index (Phi) is 7.27. The van der Waals surface area contributed by atoms with Crippen molar-refractivity contribution < 1.29 is 9.13 Å². The predicted octanol–water partition coefficient (Wildman–Crippen LogP) is 12.3. The molecule has 4 nitrogen and oxygen atoms in total. The van der Waals surface area contributed by atoms with E-state index in [1.165, 1.54) is 27.1 Å². The van der Waals surface area contributed by atoms with Gasteiger partial charge in [-0.15, -0.1) is 0 Å². The smallest absolute Gasteiger partial charge is 0.172 e. The lowest BCUT2D eigenvalue weighted by Gasteiger charge is -2.18. The second kappa shape index (κ2) is 12.9. The van der Waals surface area contributed by atoms with Crippen molar-refractivity contribution in [2.75, 3.05) is 0 Å². The number of aromatic nitrogens is 2. The van der Waals surface area contributed by atoms with Crippen LogP contribution in [-0.2, 0) is 9.13 Å². The second-order valence-corrected chi connectivity index (χ2v) is 22.8. The second-order valence-electron chi connectivity index (χ2n) is 17.4. The number of aryl methyl sites for hydroxylation is 1. The highest BCUT2D eigenvalue weighted by atomic mass is 31.2. The summed E-state index contributed by atoms with van der Waals surface area (Å²) in [7, 11) is -6.41. The van der Waals surface area contributed by atoms with Crippen LogP contribution in [0.5, 0.6) is 0 Å². The molecule has 0 fully saturated rings. The van der Waals surface area contributed by atoms with E-state index in [2.05, 4.69) is 139 Å². The molecule has 0 radical (unpaired) electrons. The van der Waals surface area contributed by atoms with Gasteiger partial charge in [0.05, 0.1) is 16.6 Å². The summed E-state index contributed by atoms with van der Waals surface area (Å²) in [5.74, 6) is 0. The van der Waals surface area contributed by atoms with Crippen LogP contribution in [0.2, 0.25) is 0 Å². The molecule has 12 aromatic rings. The van der Waals surface area contributed by atoms with E-state index in [1.54, 1.807) is 0 Å². The quantitative estimate of drug-likeness (QED) is 0.131. The number of imidazole rings is 1. The van der Waals surface area contributed by atoms with Gasteiger partial charge < -0.3 is 9.13 Å². The molecule has 300 valence electrons. The van der Waals surface area contributed by atoms with E-state index >= 15 is 9.13 Å². The van der Waals surface area contributed by atoms with Crippen molar-refractivity contribution in [1.29, 1.82) is 0 Å². The zero-order valence-electron chi connectivity index (χ0n) is 34.7. The van der Waals surface area contributed by atoms with Crippen LogP contribution in [0.25, 0.3) is 93.3 Å². The van der Waals surface area contributed by atoms with Crippen molar-refractivity contribution in [2.45, 2.75) is 6.92 Å². The fourth-order valence-electron chi connectivity index (χ4n) is 11.0. The van der Waals surface area contributed by atoms with Crippen LogP contribution in [0.3, 0.4) is 0 Å². The number of benzene rings is 10. The van der Waals surface area contributed by atoms with Crippen LogP contribution in [0.15, 0.2) is 200 Å². The highest BCUT2D eigenvalue weighted by Gasteiger charge is 2.41. The first kappa shape index (κ1) is 36.2. The predicted molar refractivity (Wildman–Crippen MR) is 270 cm³/mol. The first-order valence-electron chi connectivity index (χ1n) is 21.7. The van der Waals surface area contributed by atoms with Gasteiger partial charge in [0.2, 0.25) is 0 Å². The van der Waals surface area contributed by atoms with Crippen molar-refractivity contribution >= 4 is 106 Å². The first-order chi connectivity index (χ1) is 31.4. The molecule has 0 amide bonds. The van der Waals surface area contributed by atoms with Gasteiger partial charge in [-0.25, -0.2) is 4.98 Å². The minimum Gasteiger partial charge on any atom is -0.309 e. The van der Waals surface area contributed by atoms with Gasteiger partial charge in [-0.2, -0.15) is 0 Å². The number of nitrogens with zero attached hydrogens (tertiary/aromatic N) is 2. The Morgan fingerprint density at radius 1 is 0.391 bits per heavy atom. The molecule has 0 N–H and O–H groups in total. The summed E-state index contributed by atoms with van der Waals surface area (Å²) >= 11 is 0. The lowest BCUT2D eigenvalue weighted by molar-refractivity contribution is 0.592. The van der Waals surface area contributed by atoms with Crippen molar-refractivity contribution in [1.82, 2.24) is 9.38 Å². The van der Waals surface area contributed by atoms with Crippen molar-refractivity contribution in [2.24, 2.45) is 0 Å². The van der Waals surface area contributed by atoms with E-state index in [4.69, 9.17) is 4.98 Å². The topological polar surface area (TPSA) is 51.4 Å². The Labute approximate surface area is 368 Å². The molecule has 10 aromatic carbocycles. The van der Waals surface area contributed by atoms with Gasteiger partial charge >= 0.3 is 0 Å². The Morgan fingerprint density at radius 3 is 1.55 bits per heavy atom. The number of fused-ring (bicyclic) bond motifs is 17. The largest absolute Gasteiger partial charge is 0.309 e. The highest BCUT2D eigenvalue weighted by molar-refractivity contribution is 7.87. The summed E-state index contributed by atoms with van der Waals surface area (Å²) in [5, 5.41) is 13.0. The zero-order chi connectivity index (χ0) is 42.5. The maximum Gasteiger partial charge on any atom is 0.172 e. The number of pyridine rings is 1. The van der Waals surface area contributed by atoms with Gasteiger partial charge in [-0.05, 0) is 110 Å². The van der Waals surface area contributed by atoms with E-state index in [-0.39, 0.29) is 0 Å². The van der Waals surface area contributed by atoms with Gasteiger partial charge in [0.25, 0.3) is 0 Å². The Balaban J connectivity index is 1.03. The lowest BCUT2D eigenvalue weighted by Crippen LogP contribution is -2.20. The van der Waals surface area contributed by atoms with Gasteiger partial charge in [0.1, 0.15) is 5.65 Å². The van der Waals surface area contributed by atoms with Crippen LogP contribution < -0.4 is 31.8 Å². The fourth-order valence-corrected chi connectivity index (χ4v) is 17.2. The molecular formula is C58H36N2O2P2. The Bertz CT molecular complexity index is 4080. The maximum atomic E-state index is 15.8. The molecule has 0 unspecified atom stereocenters. The molecule has 0 atom stereocenters. The molecule has 4 heterocycles. The van der Waals surface area contributed by atoms with Gasteiger partial charge in [-0.1, -0.05) is 163 Å². The summed E-state index contributed by atoms with van der Waals surface area (Å²) in [6.45, 7) is 2.15. The molecule has 2 aromatic heterocycles. The fraction of sp³-hybridized carbons (Fsp3) is 0.0172. The minimum atomic E-state index is -3.21. The third-order valence-corrected chi connectivity index (χ3v) is 20.3. The molecule has 0 aliphatic carbocycles. The van der Waals surface area contributed by atoms with E-state index in [0.717, 1.165) is 104 Å². The van der Waals surface area contributed by atoms with Crippen LogP contribution in [0, 0.1) is 6.92 Å². The Hall–Kier alpha value is -7.35.